The van der Waals surface area contributed by atoms with E-state index in [4.69, 9.17) is 10.2 Å². The Labute approximate surface area is 150 Å². The molecule has 0 bridgehead atoms. The molecule has 26 heavy (non-hydrogen) atoms. The third-order valence-electron chi connectivity index (χ3n) is 4.01. The van der Waals surface area contributed by atoms with E-state index < -0.39 is 11.8 Å². The highest BCUT2D eigenvalue weighted by Crippen LogP contribution is 2.30. The van der Waals surface area contributed by atoms with Gasteiger partial charge in [0.1, 0.15) is 11.5 Å². The predicted molar refractivity (Wildman–Crippen MR) is 97.8 cm³/mol. The van der Waals surface area contributed by atoms with Gasteiger partial charge in [-0.3, -0.25) is 9.59 Å². The van der Waals surface area contributed by atoms with Crippen molar-refractivity contribution in [3.8, 4) is 17.1 Å². The summed E-state index contributed by atoms with van der Waals surface area (Å²) in [5.74, 6) is -0.982. The Morgan fingerprint density at radius 2 is 1.81 bits per heavy atom. The quantitative estimate of drug-likeness (QED) is 0.655. The van der Waals surface area contributed by atoms with Gasteiger partial charge in [0.05, 0.1) is 5.92 Å². The molecule has 0 saturated heterocycles. The molecule has 3 rings (SSSR count). The lowest BCUT2D eigenvalue weighted by Crippen LogP contribution is -2.18. The smallest absolute Gasteiger partial charge is 0.284 e. The van der Waals surface area contributed by atoms with Gasteiger partial charge in [-0.15, -0.1) is 0 Å². The highest BCUT2D eigenvalue weighted by molar-refractivity contribution is 5.96. The standard InChI is InChI=1S/C20H18N2O4/c1-12(20(25)22-15-5-3-2-4-6-15)13-9-14(11-16(23)10-13)17-7-8-18(26-17)19(21)24/h2-12,23H,1H3,(H2,21,24)(H,22,25). The molecule has 3 aromatic rings. The number of furan rings is 1. The number of primary amides is 1. The summed E-state index contributed by atoms with van der Waals surface area (Å²) in [6.45, 7) is 1.74. The molecule has 0 spiro atoms. The fourth-order valence-corrected chi connectivity index (χ4v) is 2.58. The predicted octanol–water partition coefficient (Wildman–Crippen LogP) is 3.49. The van der Waals surface area contributed by atoms with Crippen LogP contribution in [0.5, 0.6) is 5.75 Å². The number of nitrogens with two attached hydrogens (primary N) is 1. The minimum Gasteiger partial charge on any atom is -0.508 e. The van der Waals surface area contributed by atoms with Gasteiger partial charge in [-0.2, -0.15) is 0 Å². The van der Waals surface area contributed by atoms with E-state index in [2.05, 4.69) is 5.32 Å². The molecule has 132 valence electrons. The third-order valence-corrected chi connectivity index (χ3v) is 4.01. The van der Waals surface area contributed by atoms with E-state index in [1.54, 1.807) is 31.2 Å². The molecule has 0 fully saturated rings. The summed E-state index contributed by atoms with van der Waals surface area (Å²) in [7, 11) is 0. The van der Waals surface area contributed by atoms with Crippen molar-refractivity contribution >= 4 is 17.5 Å². The van der Waals surface area contributed by atoms with Gasteiger partial charge in [0.15, 0.2) is 5.76 Å². The Morgan fingerprint density at radius 3 is 2.46 bits per heavy atom. The Morgan fingerprint density at radius 1 is 1.08 bits per heavy atom. The SMILES string of the molecule is CC(C(=O)Nc1ccccc1)c1cc(O)cc(-c2ccc(C(N)=O)o2)c1. The van der Waals surface area contributed by atoms with Crippen LogP contribution >= 0.6 is 0 Å². The molecular formula is C20H18N2O4. The van der Waals surface area contributed by atoms with Crippen LogP contribution in [0, 0.1) is 0 Å². The molecule has 1 heterocycles. The summed E-state index contributed by atoms with van der Waals surface area (Å²) in [6.07, 6.45) is 0. The molecule has 0 aliphatic heterocycles. The topological polar surface area (TPSA) is 106 Å². The number of aromatic hydroxyl groups is 1. The Kier molecular flexibility index (Phi) is 4.75. The number of phenols is 1. The number of nitrogens with one attached hydrogen (secondary N) is 1. The first-order valence-electron chi connectivity index (χ1n) is 8.04. The molecule has 0 aliphatic rings. The first-order chi connectivity index (χ1) is 12.4. The van der Waals surface area contributed by atoms with Crippen LogP contribution in [-0.4, -0.2) is 16.9 Å². The van der Waals surface area contributed by atoms with Crippen molar-refractivity contribution in [2.24, 2.45) is 5.73 Å². The maximum Gasteiger partial charge on any atom is 0.284 e. The Hall–Kier alpha value is -3.54. The molecular weight excluding hydrogens is 332 g/mol. The maximum atomic E-state index is 12.5. The summed E-state index contributed by atoms with van der Waals surface area (Å²) < 4.78 is 5.39. The van der Waals surface area contributed by atoms with E-state index >= 15 is 0 Å². The van der Waals surface area contributed by atoms with Crippen molar-refractivity contribution in [1.82, 2.24) is 0 Å². The number of phenolic OH excluding ortho intramolecular Hbond substituents is 1. The number of amides is 2. The minimum absolute atomic E-state index is 0.00566. The molecule has 0 aliphatic carbocycles. The average molecular weight is 350 g/mol. The number of anilines is 1. The second-order valence-corrected chi connectivity index (χ2v) is 5.92. The van der Waals surface area contributed by atoms with E-state index in [9.17, 15) is 14.7 Å². The lowest BCUT2D eigenvalue weighted by molar-refractivity contribution is -0.117. The summed E-state index contributed by atoms with van der Waals surface area (Å²) in [5, 5.41) is 12.9. The van der Waals surface area contributed by atoms with Crippen molar-refractivity contribution in [3.63, 3.8) is 0 Å². The van der Waals surface area contributed by atoms with Crippen molar-refractivity contribution in [2.45, 2.75) is 12.8 Å². The fraction of sp³-hybridized carbons (Fsp3) is 0.100. The number of para-hydroxylation sites is 1. The minimum atomic E-state index is -0.674. The summed E-state index contributed by atoms with van der Waals surface area (Å²) in [4.78, 5) is 23.7. The van der Waals surface area contributed by atoms with Crippen LogP contribution < -0.4 is 11.1 Å². The van der Waals surface area contributed by atoms with Gasteiger partial charge in [-0.25, -0.2) is 0 Å². The normalized spacial score (nSPS) is 11.7. The highest BCUT2D eigenvalue weighted by Gasteiger charge is 2.18. The lowest BCUT2D eigenvalue weighted by atomic mass is 9.97. The fourth-order valence-electron chi connectivity index (χ4n) is 2.58. The van der Waals surface area contributed by atoms with E-state index in [-0.39, 0.29) is 17.4 Å². The summed E-state index contributed by atoms with van der Waals surface area (Å²) >= 11 is 0. The first-order valence-corrected chi connectivity index (χ1v) is 8.04. The van der Waals surface area contributed by atoms with Crippen molar-refractivity contribution < 1.29 is 19.1 Å². The van der Waals surface area contributed by atoms with Gasteiger partial charge in [0, 0.05) is 11.3 Å². The molecule has 1 atom stereocenters. The van der Waals surface area contributed by atoms with Crippen LogP contribution in [0.4, 0.5) is 5.69 Å². The van der Waals surface area contributed by atoms with Crippen LogP contribution in [0.25, 0.3) is 11.3 Å². The third kappa shape index (κ3) is 3.75. The summed E-state index contributed by atoms with van der Waals surface area (Å²) in [5.41, 5.74) is 7.05. The molecule has 1 aromatic heterocycles. The number of carbonyl (C=O) groups excluding carboxylic acids is 2. The van der Waals surface area contributed by atoms with E-state index in [0.29, 0.717) is 22.6 Å². The lowest BCUT2D eigenvalue weighted by Gasteiger charge is -2.14. The number of hydrogen-bond acceptors (Lipinski definition) is 4. The number of rotatable bonds is 5. The van der Waals surface area contributed by atoms with Crippen LogP contribution in [0.1, 0.15) is 29.0 Å². The van der Waals surface area contributed by atoms with Gasteiger partial charge in [0.25, 0.3) is 5.91 Å². The molecule has 4 N–H and O–H groups in total. The Balaban J connectivity index is 1.86. The highest BCUT2D eigenvalue weighted by atomic mass is 16.3. The Bertz CT molecular complexity index is 947. The molecule has 6 nitrogen and oxygen atoms in total. The first kappa shape index (κ1) is 17.3. The molecule has 0 saturated carbocycles. The molecule has 0 radical (unpaired) electrons. The zero-order valence-electron chi connectivity index (χ0n) is 14.1. The second-order valence-electron chi connectivity index (χ2n) is 5.92. The molecule has 6 heteroatoms. The van der Waals surface area contributed by atoms with Gasteiger partial charge in [-0.1, -0.05) is 18.2 Å². The van der Waals surface area contributed by atoms with E-state index in [1.807, 2.05) is 18.2 Å². The number of hydrogen-bond donors (Lipinski definition) is 3. The largest absolute Gasteiger partial charge is 0.508 e. The molecule has 1 unspecified atom stereocenters. The number of carbonyl (C=O) groups is 2. The summed E-state index contributed by atoms with van der Waals surface area (Å²) in [6, 6.07) is 16.9. The van der Waals surface area contributed by atoms with E-state index in [0.717, 1.165) is 0 Å². The number of benzene rings is 2. The monoisotopic (exact) mass is 350 g/mol. The van der Waals surface area contributed by atoms with Gasteiger partial charge >= 0.3 is 0 Å². The van der Waals surface area contributed by atoms with Gasteiger partial charge in [0.2, 0.25) is 5.91 Å². The van der Waals surface area contributed by atoms with E-state index in [1.165, 1.54) is 18.2 Å². The van der Waals surface area contributed by atoms with Crippen molar-refractivity contribution in [2.75, 3.05) is 5.32 Å². The molecule has 2 amide bonds. The van der Waals surface area contributed by atoms with Gasteiger partial charge < -0.3 is 20.6 Å². The zero-order chi connectivity index (χ0) is 18.7. The maximum absolute atomic E-state index is 12.5. The zero-order valence-corrected chi connectivity index (χ0v) is 14.1. The van der Waals surface area contributed by atoms with Crippen LogP contribution in [-0.2, 0) is 4.79 Å². The van der Waals surface area contributed by atoms with Crippen LogP contribution in [0.2, 0.25) is 0 Å². The average Bonchev–Trinajstić information content (AvgIpc) is 3.12. The molecule has 2 aromatic carbocycles. The van der Waals surface area contributed by atoms with Crippen molar-refractivity contribution in [3.05, 3.63) is 72.0 Å². The second kappa shape index (κ2) is 7.14. The van der Waals surface area contributed by atoms with Crippen molar-refractivity contribution in [1.29, 1.82) is 0 Å². The van der Waals surface area contributed by atoms with Gasteiger partial charge in [-0.05, 0) is 55.0 Å². The van der Waals surface area contributed by atoms with Crippen LogP contribution in [0.15, 0.2) is 65.1 Å². The van der Waals surface area contributed by atoms with Crippen LogP contribution in [0.3, 0.4) is 0 Å².